The van der Waals surface area contributed by atoms with E-state index in [1.165, 1.54) is 18.2 Å². The summed E-state index contributed by atoms with van der Waals surface area (Å²) in [7, 11) is 0. The van der Waals surface area contributed by atoms with E-state index < -0.39 is 17.5 Å². The summed E-state index contributed by atoms with van der Waals surface area (Å²) in [6.45, 7) is 2.11. The number of para-hydroxylation sites is 1. The molecule has 0 saturated carbocycles. The van der Waals surface area contributed by atoms with E-state index in [0.717, 1.165) is 6.07 Å². The Kier molecular flexibility index (Phi) is 3.93. The fourth-order valence-corrected chi connectivity index (χ4v) is 1.14. The van der Waals surface area contributed by atoms with E-state index in [1.807, 2.05) is 6.92 Å². The maximum Gasteiger partial charge on any atom is 0.455 e. The van der Waals surface area contributed by atoms with Gasteiger partial charge in [-0.3, -0.25) is 4.79 Å². The number of ketones is 1. The van der Waals surface area contributed by atoms with Crippen molar-refractivity contribution in [3.8, 4) is 5.75 Å². The number of hydrogen-bond acceptors (Lipinski definition) is 2. The zero-order valence-corrected chi connectivity index (χ0v) is 8.67. The highest BCUT2D eigenvalue weighted by molar-refractivity contribution is 6.02. The number of halogens is 3. The van der Waals surface area contributed by atoms with Crippen LogP contribution in [0.15, 0.2) is 24.3 Å². The molecule has 1 rings (SSSR count). The first-order valence-corrected chi connectivity index (χ1v) is 4.80. The SMILES string of the molecule is CCCOc1ccccc1C(=O)C(F)(F)F. The normalized spacial score (nSPS) is 11.2. The zero-order chi connectivity index (χ0) is 12.2. The van der Waals surface area contributed by atoms with Crippen molar-refractivity contribution in [1.82, 2.24) is 0 Å². The van der Waals surface area contributed by atoms with Gasteiger partial charge in [-0.05, 0) is 18.6 Å². The third-order valence-electron chi connectivity index (χ3n) is 1.85. The molecule has 0 aromatic heterocycles. The number of hydrogen-bond donors (Lipinski definition) is 0. The number of alkyl halides is 3. The van der Waals surface area contributed by atoms with Crippen LogP contribution in [0.3, 0.4) is 0 Å². The van der Waals surface area contributed by atoms with Gasteiger partial charge in [0, 0.05) is 0 Å². The highest BCUT2D eigenvalue weighted by atomic mass is 19.4. The van der Waals surface area contributed by atoms with Gasteiger partial charge in [0.2, 0.25) is 0 Å². The molecule has 88 valence electrons. The Morgan fingerprint density at radius 3 is 2.50 bits per heavy atom. The number of ether oxygens (including phenoxy) is 1. The molecule has 2 nitrogen and oxygen atoms in total. The van der Waals surface area contributed by atoms with E-state index in [1.54, 1.807) is 0 Å². The van der Waals surface area contributed by atoms with E-state index in [0.29, 0.717) is 6.42 Å². The predicted octanol–water partition coefficient (Wildman–Crippen LogP) is 3.22. The summed E-state index contributed by atoms with van der Waals surface area (Å²) in [6.07, 6.45) is -4.21. The van der Waals surface area contributed by atoms with Crippen LogP contribution < -0.4 is 4.74 Å². The van der Waals surface area contributed by atoms with Crippen LogP contribution in [-0.4, -0.2) is 18.6 Å². The average molecular weight is 232 g/mol. The largest absolute Gasteiger partial charge is 0.493 e. The molecule has 16 heavy (non-hydrogen) atoms. The second kappa shape index (κ2) is 5.01. The van der Waals surface area contributed by atoms with E-state index in [9.17, 15) is 18.0 Å². The first-order valence-electron chi connectivity index (χ1n) is 4.80. The molecule has 0 bridgehead atoms. The van der Waals surface area contributed by atoms with Gasteiger partial charge in [-0.1, -0.05) is 19.1 Å². The van der Waals surface area contributed by atoms with Gasteiger partial charge < -0.3 is 4.74 Å². The molecule has 0 spiro atoms. The summed E-state index contributed by atoms with van der Waals surface area (Å²) in [5.41, 5.74) is -0.441. The quantitative estimate of drug-likeness (QED) is 0.745. The topological polar surface area (TPSA) is 26.3 Å². The van der Waals surface area contributed by atoms with Crippen LogP contribution in [0.25, 0.3) is 0 Å². The van der Waals surface area contributed by atoms with E-state index >= 15 is 0 Å². The molecule has 0 aliphatic heterocycles. The molecular weight excluding hydrogens is 221 g/mol. The standard InChI is InChI=1S/C11H11F3O2/c1-2-7-16-9-6-4-3-5-8(9)10(15)11(12,13)14/h3-6H,2,7H2,1H3. The van der Waals surface area contributed by atoms with Gasteiger partial charge in [-0.15, -0.1) is 0 Å². The molecule has 1 aromatic carbocycles. The van der Waals surface area contributed by atoms with Crippen molar-refractivity contribution in [2.24, 2.45) is 0 Å². The van der Waals surface area contributed by atoms with Gasteiger partial charge >= 0.3 is 6.18 Å². The van der Waals surface area contributed by atoms with Gasteiger partial charge in [-0.25, -0.2) is 0 Å². The Bertz CT molecular complexity index is 372. The average Bonchev–Trinajstić information content (AvgIpc) is 2.24. The maximum absolute atomic E-state index is 12.2. The lowest BCUT2D eigenvalue weighted by atomic mass is 10.1. The number of rotatable bonds is 4. The van der Waals surface area contributed by atoms with E-state index in [2.05, 4.69) is 0 Å². The molecule has 5 heteroatoms. The molecule has 0 heterocycles. The fraction of sp³-hybridized carbons (Fsp3) is 0.364. The number of Topliss-reactive ketones (excluding diaryl/α,β-unsaturated/α-hetero) is 1. The van der Waals surface area contributed by atoms with Crippen LogP contribution in [0.2, 0.25) is 0 Å². The Morgan fingerprint density at radius 1 is 1.31 bits per heavy atom. The molecule has 0 fully saturated rings. The van der Waals surface area contributed by atoms with Crippen LogP contribution in [0.5, 0.6) is 5.75 Å². The summed E-state index contributed by atoms with van der Waals surface area (Å²) < 4.78 is 41.8. The number of carbonyl (C=O) groups excluding carboxylic acids is 1. The highest BCUT2D eigenvalue weighted by Gasteiger charge is 2.40. The third-order valence-corrected chi connectivity index (χ3v) is 1.85. The van der Waals surface area contributed by atoms with Gasteiger partial charge in [0.1, 0.15) is 5.75 Å². The fourth-order valence-electron chi connectivity index (χ4n) is 1.14. The minimum absolute atomic E-state index is 0.0216. The van der Waals surface area contributed by atoms with Crippen LogP contribution in [-0.2, 0) is 0 Å². The lowest BCUT2D eigenvalue weighted by Crippen LogP contribution is -2.23. The van der Waals surface area contributed by atoms with Crippen molar-refractivity contribution < 1.29 is 22.7 Å². The second-order valence-electron chi connectivity index (χ2n) is 3.17. The first kappa shape index (κ1) is 12.5. The maximum atomic E-state index is 12.2. The van der Waals surface area contributed by atoms with Crippen molar-refractivity contribution in [2.45, 2.75) is 19.5 Å². The van der Waals surface area contributed by atoms with E-state index in [-0.39, 0.29) is 12.4 Å². The zero-order valence-electron chi connectivity index (χ0n) is 8.67. The Labute approximate surface area is 91.0 Å². The third kappa shape index (κ3) is 2.98. The van der Waals surface area contributed by atoms with Crippen molar-refractivity contribution in [1.29, 1.82) is 0 Å². The number of carbonyl (C=O) groups is 1. The second-order valence-corrected chi connectivity index (χ2v) is 3.17. The van der Waals surface area contributed by atoms with E-state index in [4.69, 9.17) is 4.74 Å². The summed E-state index contributed by atoms with van der Waals surface area (Å²) in [6, 6.07) is 5.37. The highest BCUT2D eigenvalue weighted by Crippen LogP contribution is 2.27. The molecule has 0 radical (unpaired) electrons. The summed E-state index contributed by atoms with van der Waals surface area (Å²) >= 11 is 0. The molecule has 0 atom stereocenters. The molecule has 0 aliphatic carbocycles. The Balaban J connectivity index is 2.99. The summed E-state index contributed by atoms with van der Waals surface area (Å²) in [5, 5.41) is 0. The van der Waals surface area contributed by atoms with Crippen LogP contribution in [0, 0.1) is 0 Å². The van der Waals surface area contributed by atoms with Crippen molar-refractivity contribution in [3.05, 3.63) is 29.8 Å². The summed E-state index contributed by atoms with van der Waals surface area (Å²) in [4.78, 5) is 11.0. The monoisotopic (exact) mass is 232 g/mol. The molecule has 1 aromatic rings. The lowest BCUT2D eigenvalue weighted by Gasteiger charge is -2.11. The van der Waals surface area contributed by atoms with Crippen LogP contribution >= 0.6 is 0 Å². The van der Waals surface area contributed by atoms with Crippen molar-refractivity contribution in [3.63, 3.8) is 0 Å². The van der Waals surface area contributed by atoms with Gasteiger partial charge in [0.05, 0.1) is 12.2 Å². The predicted molar refractivity (Wildman–Crippen MR) is 52.6 cm³/mol. The Hall–Kier alpha value is -1.52. The molecular formula is C11H11F3O2. The van der Waals surface area contributed by atoms with Crippen molar-refractivity contribution in [2.75, 3.05) is 6.61 Å². The Morgan fingerprint density at radius 2 is 1.94 bits per heavy atom. The van der Waals surface area contributed by atoms with Gasteiger partial charge in [0.15, 0.2) is 0 Å². The van der Waals surface area contributed by atoms with Crippen LogP contribution in [0.1, 0.15) is 23.7 Å². The minimum atomic E-state index is -4.87. The molecule has 0 unspecified atom stereocenters. The first-order chi connectivity index (χ1) is 7.46. The van der Waals surface area contributed by atoms with Gasteiger partial charge in [0.25, 0.3) is 5.78 Å². The summed E-state index contributed by atoms with van der Waals surface area (Å²) in [5.74, 6) is -1.90. The number of benzene rings is 1. The van der Waals surface area contributed by atoms with Crippen molar-refractivity contribution >= 4 is 5.78 Å². The lowest BCUT2D eigenvalue weighted by molar-refractivity contribution is -0.0886. The smallest absolute Gasteiger partial charge is 0.455 e. The molecule has 0 amide bonds. The van der Waals surface area contributed by atoms with Crippen LogP contribution in [0.4, 0.5) is 13.2 Å². The minimum Gasteiger partial charge on any atom is -0.493 e. The molecule has 0 aliphatic rings. The van der Waals surface area contributed by atoms with Gasteiger partial charge in [-0.2, -0.15) is 13.2 Å². The molecule has 0 N–H and O–H groups in total. The molecule has 0 saturated heterocycles.